The largest absolute Gasteiger partial charge is 0.0991 e. The van der Waals surface area contributed by atoms with E-state index in [0.29, 0.717) is 0 Å². The smallest absolute Gasteiger partial charge is 0.00638 e. The molecule has 0 atom stereocenters. The Bertz CT molecular complexity index is 1660. The van der Waals surface area contributed by atoms with Crippen LogP contribution in [0.15, 0.2) is 200 Å². The van der Waals surface area contributed by atoms with Gasteiger partial charge in [-0.3, -0.25) is 0 Å². The van der Waals surface area contributed by atoms with E-state index >= 15 is 0 Å². The molecule has 0 saturated heterocycles. The zero-order valence-corrected chi connectivity index (χ0v) is 28.0. The second-order valence-corrected chi connectivity index (χ2v) is 12.6. The first-order valence-corrected chi connectivity index (χ1v) is 17.0. The molecule has 0 radical (unpaired) electrons. The summed E-state index contributed by atoms with van der Waals surface area (Å²) in [5.41, 5.74) is 9.09. The predicted octanol–water partition coefficient (Wildman–Crippen LogP) is 11.7. The van der Waals surface area contributed by atoms with Gasteiger partial charge in [0.25, 0.3) is 0 Å². The monoisotopic (exact) mass is 616 g/mol. The minimum atomic E-state index is 0.777. The Labute approximate surface area is 279 Å². The first kappa shape index (κ1) is 34.1. The SMILES string of the molecule is C=C/C=C(/C)CCC/C(=C\C(=C/C=C)c1ccccc1)Cc1ccc(-c2ccccc2)cc1.c1ccc(Pc2ccccc2)cc1. The Morgan fingerprint density at radius 1 is 0.565 bits per heavy atom. The lowest BCUT2D eigenvalue weighted by molar-refractivity contribution is 0.786. The maximum atomic E-state index is 3.94. The fraction of sp³-hybridized carbons (Fsp3) is 0.111. The van der Waals surface area contributed by atoms with Crippen molar-refractivity contribution in [3.63, 3.8) is 0 Å². The number of hydrogen-bond donors (Lipinski definition) is 0. The molecule has 0 spiro atoms. The Morgan fingerprint density at radius 3 is 1.61 bits per heavy atom. The van der Waals surface area contributed by atoms with E-state index in [9.17, 15) is 0 Å². The highest BCUT2D eigenvalue weighted by Crippen LogP contribution is 2.25. The van der Waals surface area contributed by atoms with Gasteiger partial charge in [-0.05, 0) is 71.0 Å². The molecule has 5 aromatic carbocycles. The van der Waals surface area contributed by atoms with Crippen molar-refractivity contribution >= 4 is 24.8 Å². The van der Waals surface area contributed by atoms with Gasteiger partial charge in [-0.2, -0.15) is 0 Å². The maximum Gasteiger partial charge on any atom is -0.00638 e. The van der Waals surface area contributed by atoms with Crippen molar-refractivity contribution in [1.29, 1.82) is 0 Å². The number of allylic oxidation sites excluding steroid dienone is 8. The summed E-state index contributed by atoms with van der Waals surface area (Å²) in [4.78, 5) is 0. The van der Waals surface area contributed by atoms with E-state index in [-0.39, 0.29) is 0 Å². The second-order valence-electron chi connectivity index (χ2n) is 11.2. The predicted molar refractivity (Wildman–Crippen MR) is 207 cm³/mol. The van der Waals surface area contributed by atoms with E-state index in [2.05, 4.69) is 184 Å². The van der Waals surface area contributed by atoms with Crippen LogP contribution >= 0.6 is 8.58 Å². The summed E-state index contributed by atoms with van der Waals surface area (Å²) in [5.74, 6) is 0. The summed E-state index contributed by atoms with van der Waals surface area (Å²) >= 11 is 0. The van der Waals surface area contributed by atoms with Gasteiger partial charge in [0.2, 0.25) is 0 Å². The van der Waals surface area contributed by atoms with Crippen LogP contribution in [0.5, 0.6) is 0 Å². The van der Waals surface area contributed by atoms with Crippen LogP contribution in [-0.4, -0.2) is 0 Å². The highest BCUT2D eigenvalue weighted by molar-refractivity contribution is 7.55. The molecule has 5 rings (SSSR count). The van der Waals surface area contributed by atoms with Crippen molar-refractivity contribution in [2.75, 3.05) is 0 Å². The van der Waals surface area contributed by atoms with Crippen molar-refractivity contribution in [2.24, 2.45) is 0 Å². The van der Waals surface area contributed by atoms with Gasteiger partial charge in [0, 0.05) is 0 Å². The van der Waals surface area contributed by atoms with Gasteiger partial charge in [0.05, 0.1) is 0 Å². The normalized spacial score (nSPS) is 11.7. The highest BCUT2D eigenvalue weighted by atomic mass is 31.1. The zero-order valence-electron chi connectivity index (χ0n) is 27.0. The third-order valence-corrected chi connectivity index (χ3v) is 8.81. The van der Waals surface area contributed by atoms with E-state index < -0.39 is 0 Å². The fourth-order valence-electron chi connectivity index (χ4n) is 5.21. The summed E-state index contributed by atoms with van der Waals surface area (Å²) in [6.07, 6.45) is 14.5. The van der Waals surface area contributed by atoms with Crippen molar-refractivity contribution in [2.45, 2.75) is 32.6 Å². The van der Waals surface area contributed by atoms with Crippen molar-refractivity contribution in [3.8, 4) is 11.1 Å². The van der Waals surface area contributed by atoms with Crippen LogP contribution in [0, 0.1) is 0 Å². The third kappa shape index (κ3) is 12.0. The summed E-state index contributed by atoms with van der Waals surface area (Å²) in [7, 11) is 0.777. The molecular weight excluding hydrogens is 571 g/mol. The minimum Gasteiger partial charge on any atom is -0.0991 e. The van der Waals surface area contributed by atoms with Crippen molar-refractivity contribution in [3.05, 3.63) is 211 Å². The molecule has 0 aromatic heterocycles. The average Bonchev–Trinajstić information content (AvgIpc) is 3.10. The Morgan fingerprint density at radius 2 is 1.07 bits per heavy atom. The number of hydrogen-bond acceptors (Lipinski definition) is 0. The molecule has 5 aromatic rings. The number of benzene rings is 5. The first-order chi connectivity index (χ1) is 22.6. The molecule has 0 amide bonds. The minimum absolute atomic E-state index is 0.777. The van der Waals surface area contributed by atoms with Crippen LogP contribution in [0.3, 0.4) is 0 Å². The summed E-state index contributed by atoms with van der Waals surface area (Å²) < 4.78 is 0. The molecule has 0 aliphatic rings. The van der Waals surface area contributed by atoms with Gasteiger partial charge in [0.1, 0.15) is 0 Å². The van der Waals surface area contributed by atoms with Crippen LogP contribution in [0.1, 0.15) is 37.3 Å². The van der Waals surface area contributed by atoms with E-state index in [1.54, 1.807) is 0 Å². The highest BCUT2D eigenvalue weighted by Gasteiger charge is 2.06. The summed E-state index contributed by atoms with van der Waals surface area (Å²) in [6, 6.07) is 51.3. The van der Waals surface area contributed by atoms with E-state index in [0.717, 1.165) is 34.3 Å². The Kier molecular flexibility index (Phi) is 14.5. The lowest BCUT2D eigenvalue weighted by Gasteiger charge is -2.12. The van der Waals surface area contributed by atoms with Crippen LogP contribution in [0.4, 0.5) is 0 Å². The summed E-state index contributed by atoms with van der Waals surface area (Å²) in [5, 5.41) is 2.79. The second kappa shape index (κ2) is 19.6. The molecule has 0 heterocycles. The lowest BCUT2D eigenvalue weighted by Crippen LogP contribution is -2.01. The quantitative estimate of drug-likeness (QED) is 0.0912. The molecule has 0 saturated carbocycles. The average molecular weight is 617 g/mol. The van der Waals surface area contributed by atoms with E-state index in [1.165, 1.54) is 49.6 Å². The van der Waals surface area contributed by atoms with Gasteiger partial charge in [-0.1, -0.05) is 209 Å². The van der Waals surface area contributed by atoms with E-state index in [1.807, 2.05) is 12.2 Å². The van der Waals surface area contributed by atoms with Gasteiger partial charge in [-0.25, -0.2) is 0 Å². The fourth-order valence-corrected chi connectivity index (χ4v) is 6.26. The van der Waals surface area contributed by atoms with Crippen LogP contribution in [0.2, 0.25) is 0 Å². The molecule has 0 aliphatic heterocycles. The molecule has 230 valence electrons. The van der Waals surface area contributed by atoms with Gasteiger partial charge < -0.3 is 0 Å². The standard InChI is InChI=1S/C33H34.C12H11P/c1-4-13-27(3)15-12-16-29(26-33(14-5-2)31-19-10-7-11-20-31)25-28-21-23-32(24-22-28)30-17-8-6-9-18-30;1-3-7-11(8-4-1)13-12-9-5-2-6-10-12/h4-11,13-14,17-24,26H,1-2,12,15-16,25H2,3H3;1-10,13H/b27-13-,29-26+,33-14+;. The molecular formula is C45H45P. The molecule has 0 bridgehead atoms. The topological polar surface area (TPSA) is 0 Å². The molecule has 0 nitrogen and oxygen atoms in total. The van der Waals surface area contributed by atoms with Crippen LogP contribution < -0.4 is 10.6 Å². The summed E-state index contributed by atoms with van der Waals surface area (Å²) in [6.45, 7) is 9.94. The van der Waals surface area contributed by atoms with Crippen molar-refractivity contribution < 1.29 is 0 Å². The Balaban J connectivity index is 0.000000305. The molecule has 0 unspecified atom stereocenters. The molecule has 46 heavy (non-hydrogen) atoms. The zero-order chi connectivity index (χ0) is 32.2. The van der Waals surface area contributed by atoms with Gasteiger partial charge in [-0.15, -0.1) is 0 Å². The lowest BCUT2D eigenvalue weighted by atomic mass is 9.93. The first-order valence-electron chi connectivity index (χ1n) is 16.0. The Hall–Kier alpha value is -4.77. The third-order valence-electron chi connectivity index (χ3n) is 7.56. The molecule has 1 heteroatoms. The van der Waals surface area contributed by atoms with Crippen LogP contribution in [-0.2, 0) is 6.42 Å². The molecule has 0 aliphatic carbocycles. The number of rotatable bonds is 13. The van der Waals surface area contributed by atoms with Gasteiger partial charge in [0.15, 0.2) is 0 Å². The van der Waals surface area contributed by atoms with Crippen LogP contribution in [0.25, 0.3) is 16.7 Å². The molecule has 0 fully saturated rings. The maximum absolute atomic E-state index is 3.94. The van der Waals surface area contributed by atoms with Crippen molar-refractivity contribution in [1.82, 2.24) is 0 Å². The van der Waals surface area contributed by atoms with E-state index in [4.69, 9.17) is 0 Å². The van der Waals surface area contributed by atoms with Gasteiger partial charge >= 0.3 is 0 Å². The molecule has 0 N–H and O–H groups in total.